The van der Waals surface area contributed by atoms with Crippen molar-refractivity contribution in [1.29, 1.82) is 0 Å². The number of carbonyl (C=O) groups is 1. The van der Waals surface area contributed by atoms with Crippen LogP contribution in [-0.2, 0) is 21.6 Å². The van der Waals surface area contributed by atoms with E-state index in [1.54, 1.807) is 25.7 Å². The number of aromatic nitrogens is 5. The van der Waals surface area contributed by atoms with Gasteiger partial charge in [0.25, 0.3) is 5.56 Å². The fourth-order valence-electron chi connectivity index (χ4n) is 5.75. The summed E-state index contributed by atoms with van der Waals surface area (Å²) >= 11 is 1.19. The molecule has 1 aliphatic rings. The van der Waals surface area contributed by atoms with Gasteiger partial charge in [0.05, 0.1) is 37.5 Å². The van der Waals surface area contributed by atoms with E-state index in [1.807, 2.05) is 13.8 Å². The molecule has 0 bridgehead atoms. The number of hydrogen-bond acceptors (Lipinski definition) is 8. The minimum atomic E-state index is -1.48. The van der Waals surface area contributed by atoms with Crippen molar-refractivity contribution in [2.24, 2.45) is 0 Å². The van der Waals surface area contributed by atoms with Gasteiger partial charge in [0.1, 0.15) is 33.0 Å². The van der Waals surface area contributed by atoms with Crippen molar-refractivity contribution in [1.82, 2.24) is 29.0 Å². The molecule has 13 heteroatoms. The number of methoxy groups -OCH3 is 1. The number of ether oxygens (including phenoxy) is 2. The lowest BCUT2D eigenvalue weighted by atomic mass is 10.00. The van der Waals surface area contributed by atoms with E-state index < -0.39 is 28.7 Å². The maximum Gasteiger partial charge on any atom is 0.333 e. The summed E-state index contributed by atoms with van der Waals surface area (Å²) in [5.74, 6) is -0.377. The fraction of sp³-hybridized carbons (Fsp3) is 0.500. The van der Waals surface area contributed by atoms with Gasteiger partial charge in [-0.05, 0) is 72.1 Å². The third-order valence-electron chi connectivity index (χ3n) is 7.84. The highest BCUT2D eigenvalue weighted by Gasteiger charge is 2.39. The SMILES string of the molecule is COc1ccc(F)cc1[C@H](Cn1c(=O)n(C(C)(C)C(=O)N2CCCCC2)c(=O)c2c(C)c(-n3nccn3)sc21)OC(C)C. The second kappa shape index (κ2) is 12.0. The zero-order chi connectivity index (χ0) is 31.1. The number of benzene rings is 1. The Hall–Kier alpha value is -3.84. The molecule has 0 unspecified atom stereocenters. The van der Waals surface area contributed by atoms with Crippen LogP contribution in [0, 0.1) is 12.7 Å². The standard InChI is InChI=1S/C30H37FN6O5S/c1-18(2)42-23(21-16-20(31)10-11-22(21)41-6)17-35-27-24(19(3)26(43-27)37-32-12-13-33-37)25(38)36(29(35)40)30(4,5)28(39)34-14-8-7-9-15-34/h10-13,16,18,23H,7-9,14-15,17H2,1-6H3/t23-/m0/s1. The summed E-state index contributed by atoms with van der Waals surface area (Å²) in [4.78, 5) is 46.1. The molecule has 230 valence electrons. The molecule has 43 heavy (non-hydrogen) atoms. The number of halogens is 1. The smallest absolute Gasteiger partial charge is 0.333 e. The lowest BCUT2D eigenvalue weighted by Crippen LogP contribution is -2.57. The summed E-state index contributed by atoms with van der Waals surface area (Å²) < 4.78 is 28.8. The third-order valence-corrected chi connectivity index (χ3v) is 9.12. The number of nitrogens with zero attached hydrogens (tertiary/aromatic N) is 6. The van der Waals surface area contributed by atoms with E-state index >= 15 is 0 Å². The van der Waals surface area contributed by atoms with E-state index in [1.165, 1.54) is 58.4 Å². The maximum atomic E-state index is 14.5. The van der Waals surface area contributed by atoms with E-state index in [4.69, 9.17) is 9.47 Å². The summed E-state index contributed by atoms with van der Waals surface area (Å²) in [6, 6.07) is 4.13. The van der Waals surface area contributed by atoms with E-state index in [9.17, 15) is 18.8 Å². The largest absolute Gasteiger partial charge is 0.496 e. The Bertz CT molecular complexity index is 1750. The van der Waals surface area contributed by atoms with Crippen LogP contribution in [-0.4, -0.2) is 61.2 Å². The Labute approximate surface area is 252 Å². The lowest BCUT2D eigenvalue weighted by molar-refractivity contribution is -0.140. The second-order valence-corrected chi connectivity index (χ2v) is 12.5. The van der Waals surface area contributed by atoms with Gasteiger partial charge < -0.3 is 14.4 Å². The molecular weight excluding hydrogens is 575 g/mol. The molecule has 4 heterocycles. The van der Waals surface area contributed by atoms with E-state index in [0.717, 1.165) is 23.8 Å². The van der Waals surface area contributed by atoms with Gasteiger partial charge >= 0.3 is 5.69 Å². The first kappa shape index (κ1) is 30.6. The fourth-order valence-corrected chi connectivity index (χ4v) is 6.97. The van der Waals surface area contributed by atoms with Gasteiger partial charge in [0.15, 0.2) is 0 Å². The van der Waals surface area contributed by atoms with Gasteiger partial charge in [-0.2, -0.15) is 10.2 Å². The van der Waals surface area contributed by atoms with E-state index in [2.05, 4.69) is 10.2 Å². The molecule has 1 fully saturated rings. The highest BCUT2D eigenvalue weighted by atomic mass is 32.1. The number of hydrogen-bond donors (Lipinski definition) is 0. The summed E-state index contributed by atoms with van der Waals surface area (Å²) in [5.41, 5.74) is -1.72. The molecule has 0 radical (unpaired) electrons. The Kier molecular flexibility index (Phi) is 8.57. The third kappa shape index (κ3) is 5.63. The van der Waals surface area contributed by atoms with Gasteiger partial charge in [-0.1, -0.05) is 11.3 Å². The number of carbonyl (C=O) groups excluding carboxylic acids is 1. The van der Waals surface area contributed by atoms with Gasteiger partial charge in [-0.15, -0.1) is 4.80 Å². The zero-order valence-electron chi connectivity index (χ0n) is 25.3. The Balaban J connectivity index is 1.77. The number of likely N-dealkylation sites (tertiary alicyclic amines) is 1. The molecule has 4 aromatic rings. The first-order valence-electron chi connectivity index (χ1n) is 14.4. The normalized spacial score (nSPS) is 14.9. The predicted octanol–water partition coefficient (Wildman–Crippen LogP) is 4.18. The van der Waals surface area contributed by atoms with Crippen LogP contribution in [0.4, 0.5) is 4.39 Å². The molecule has 1 amide bonds. The Morgan fingerprint density at radius 1 is 1.12 bits per heavy atom. The minimum absolute atomic E-state index is 0.0759. The van der Waals surface area contributed by atoms with Crippen LogP contribution >= 0.6 is 11.3 Å². The van der Waals surface area contributed by atoms with Crippen molar-refractivity contribution in [3.8, 4) is 10.8 Å². The molecule has 0 N–H and O–H groups in total. The molecule has 0 spiro atoms. The minimum Gasteiger partial charge on any atom is -0.496 e. The van der Waals surface area contributed by atoms with Gasteiger partial charge in [-0.3, -0.25) is 14.2 Å². The van der Waals surface area contributed by atoms with Crippen molar-refractivity contribution in [3.63, 3.8) is 0 Å². The quantitative estimate of drug-likeness (QED) is 0.279. The highest BCUT2D eigenvalue weighted by molar-refractivity contribution is 7.21. The van der Waals surface area contributed by atoms with Crippen LogP contribution in [0.5, 0.6) is 5.75 Å². The van der Waals surface area contributed by atoms with Crippen LogP contribution in [0.25, 0.3) is 15.2 Å². The predicted molar refractivity (Wildman–Crippen MR) is 162 cm³/mol. The molecule has 0 saturated carbocycles. The molecule has 11 nitrogen and oxygen atoms in total. The number of piperidine rings is 1. The molecular formula is C30H37FN6O5S. The van der Waals surface area contributed by atoms with Crippen LogP contribution in [0.15, 0.2) is 40.2 Å². The Morgan fingerprint density at radius 2 is 1.79 bits per heavy atom. The summed E-state index contributed by atoms with van der Waals surface area (Å²) in [5, 5.41) is 9.33. The molecule has 1 atom stereocenters. The number of aryl methyl sites for hydroxylation is 1. The second-order valence-electron chi connectivity index (χ2n) is 11.5. The van der Waals surface area contributed by atoms with E-state index in [-0.39, 0.29) is 23.9 Å². The summed E-state index contributed by atoms with van der Waals surface area (Å²) in [7, 11) is 1.48. The molecule has 1 saturated heterocycles. The number of rotatable bonds is 9. The van der Waals surface area contributed by atoms with Gasteiger partial charge in [0.2, 0.25) is 5.91 Å². The first-order chi connectivity index (χ1) is 20.4. The van der Waals surface area contributed by atoms with Gasteiger partial charge in [0, 0.05) is 24.2 Å². The summed E-state index contributed by atoms with van der Waals surface area (Å²) in [6.45, 7) is 9.75. The van der Waals surface area contributed by atoms with Crippen molar-refractivity contribution in [3.05, 3.63) is 68.4 Å². The lowest BCUT2D eigenvalue weighted by Gasteiger charge is -2.35. The number of fused-ring (bicyclic) bond motifs is 1. The number of thiophene rings is 1. The van der Waals surface area contributed by atoms with Crippen molar-refractivity contribution in [2.45, 2.75) is 78.2 Å². The van der Waals surface area contributed by atoms with Crippen LogP contribution in [0.2, 0.25) is 0 Å². The average Bonchev–Trinajstić information content (AvgIpc) is 3.62. The van der Waals surface area contributed by atoms with Crippen LogP contribution in [0.1, 0.15) is 64.2 Å². The molecule has 1 aromatic carbocycles. The monoisotopic (exact) mass is 612 g/mol. The van der Waals surface area contributed by atoms with Crippen LogP contribution < -0.4 is 16.0 Å². The van der Waals surface area contributed by atoms with Gasteiger partial charge in [-0.25, -0.2) is 13.8 Å². The zero-order valence-corrected chi connectivity index (χ0v) is 26.1. The number of amides is 1. The molecule has 0 aliphatic carbocycles. The first-order valence-corrected chi connectivity index (χ1v) is 15.2. The topological polar surface area (TPSA) is 113 Å². The maximum absolute atomic E-state index is 14.5. The van der Waals surface area contributed by atoms with Crippen molar-refractivity contribution >= 4 is 27.5 Å². The van der Waals surface area contributed by atoms with Crippen molar-refractivity contribution < 1.29 is 18.7 Å². The highest BCUT2D eigenvalue weighted by Crippen LogP contribution is 2.35. The summed E-state index contributed by atoms with van der Waals surface area (Å²) in [6.07, 6.45) is 4.70. The molecule has 5 rings (SSSR count). The molecule has 3 aromatic heterocycles. The van der Waals surface area contributed by atoms with Crippen molar-refractivity contribution in [2.75, 3.05) is 20.2 Å². The average molecular weight is 613 g/mol. The Morgan fingerprint density at radius 3 is 2.42 bits per heavy atom. The molecule has 1 aliphatic heterocycles. The van der Waals surface area contributed by atoms with E-state index in [0.29, 0.717) is 39.8 Å². The van der Waals surface area contributed by atoms with Crippen LogP contribution in [0.3, 0.4) is 0 Å².